The molecule has 2 aromatic carbocycles. The Morgan fingerprint density at radius 2 is 1.85 bits per heavy atom. The van der Waals surface area contributed by atoms with Crippen LogP contribution in [-0.4, -0.2) is 38.4 Å². The second kappa shape index (κ2) is 7.29. The summed E-state index contributed by atoms with van der Waals surface area (Å²) in [5.74, 6) is 0.208. The molecule has 144 valence electrons. The maximum atomic E-state index is 14.0. The number of halogens is 2. The molecule has 2 aliphatic rings. The van der Waals surface area contributed by atoms with E-state index in [2.05, 4.69) is 0 Å². The monoisotopic (exact) mass is 413 g/mol. The van der Waals surface area contributed by atoms with Gasteiger partial charge in [-0.05, 0) is 42.3 Å². The molecule has 0 N–H and O–H groups in total. The Hall–Kier alpha value is -1.84. The van der Waals surface area contributed by atoms with Gasteiger partial charge in [0, 0.05) is 24.1 Å². The van der Waals surface area contributed by atoms with E-state index in [1.807, 2.05) is 18.2 Å². The third kappa shape index (κ3) is 3.63. The summed E-state index contributed by atoms with van der Waals surface area (Å²) in [5.41, 5.74) is 1.03. The van der Waals surface area contributed by atoms with Gasteiger partial charge < -0.3 is 9.47 Å². The molecule has 0 bridgehead atoms. The summed E-state index contributed by atoms with van der Waals surface area (Å²) in [6.45, 7) is 0.663. The van der Waals surface area contributed by atoms with Crippen LogP contribution >= 0.6 is 11.8 Å². The van der Waals surface area contributed by atoms with Crippen LogP contribution in [-0.2, 0) is 10.0 Å². The largest absolute Gasteiger partial charge is 0.454 e. The number of benzene rings is 2. The van der Waals surface area contributed by atoms with Crippen molar-refractivity contribution in [3.8, 4) is 11.5 Å². The van der Waals surface area contributed by atoms with Crippen LogP contribution < -0.4 is 9.47 Å². The zero-order valence-electron chi connectivity index (χ0n) is 14.2. The summed E-state index contributed by atoms with van der Waals surface area (Å²) >= 11 is 1.63. The summed E-state index contributed by atoms with van der Waals surface area (Å²) in [7, 11) is -4.09. The maximum Gasteiger partial charge on any atom is 0.246 e. The lowest BCUT2D eigenvalue weighted by atomic mass is 10.1. The summed E-state index contributed by atoms with van der Waals surface area (Å²) in [6.07, 6.45) is 0.556. The van der Waals surface area contributed by atoms with Gasteiger partial charge in [0.25, 0.3) is 0 Å². The Morgan fingerprint density at radius 1 is 1.04 bits per heavy atom. The van der Waals surface area contributed by atoms with Gasteiger partial charge in [-0.3, -0.25) is 0 Å². The highest BCUT2D eigenvalue weighted by Crippen LogP contribution is 2.40. The fraction of sp³-hybridized carbons (Fsp3) is 0.333. The van der Waals surface area contributed by atoms with E-state index in [1.165, 1.54) is 4.31 Å². The SMILES string of the molecule is O=S(=O)(c1cc(F)ccc1F)N1CCSC(c2ccc3c(c2)OCO3)CC1. The maximum absolute atomic E-state index is 14.0. The van der Waals surface area contributed by atoms with E-state index >= 15 is 0 Å². The molecule has 0 amide bonds. The van der Waals surface area contributed by atoms with Gasteiger partial charge in [-0.1, -0.05) is 6.07 Å². The number of rotatable bonds is 3. The lowest BCUT2D eigenvalue weighted by molar-refractivity contribution is 0.174. The Balaban J connectivity index is 1.54. The molecule has 0 aliphatic carbocycles. The molecule has 1 unspecified atom stereocenters. The third-order valence-electron chi connectivity index (χ3n) is 4.58. The molecule has 2 aromatic rings. The van der Waals surface area contributed by atoms with Crippen LogP contribution in [0.3, 0.4) is 0 Å². The third-order valence-corrected chi connectivity index (χ3v) is 7.82. The number of ether oxygens (including phenoxy) is 2. The number of nitrogens with zero attached hydrogens (tertiary/aromatic N) is 1. The van der Waals surface area contributed by atoms with Gasteiger partial charge in [0.15, 0.2) is 11.5 Å². The Bertz CT molecular complexity index is 968. The molecule has 9 heteroatoms. The second-order valence-corrected chi connectivity index (χ2v) is 9.46. The highest BCUT2D eigenvalue weighted by Gasteiger charge is 2.31. The van der Waals surface area contributed by atoms with E-state index in [1.54, 1.807) is 11.8 Å². The molecular formula is C18H17F2NO4S2. The second-order valence-electron chi connectivity index (χ2n) is 6.24. The minimum atomic E-state index is -4.09. The number of hydrogen-bond acceptors (Lipinski definition) is 5. The molecular weight excluding hydrogens is 396 g/mol. The van der Waals surface area contributed by atoms with Crippen LogP contribution in [0.25, 0.3) is 0 Å². The van der Waals surface area contributed by atoms with Gasteiger partial charge in [-0.15, -0.1) is 0 Å². The van der Waals surface area contributed by atoms with Crippen LogP contribution in [0.1, 0.15) is 17.2 Å². The predicted molar refractivity (Wildman–Crippen MR) is 97.5 cm³/mol. The summed E-state index contributed by atoms with van der Waals surface area (Å²) in [4.78, 5) is -0.617. The number of sulfonamides is 1. The molecule has 0 aromatic heterocycles. The minimum absolute atomic E-state index is 0.0806. The Kier molecular flexibility index (Phi) is 5.00. The van der Waals surface area contributed by atoms with Crippen molar-refractivity contribution in [3.05, 3.63) is 53.6 Å². The molecule has 1 atom stereocenters. The van der Waals surface area contributed by atoms with Crippen molar-refractivity contribution in [3.63, 3.8) is 0 Å². The Labute approximate surface area is 160 Å². The number of hydrogen-bond donors (Lipinski definition) is 0. The average Bonchev–Trinajstić information content (AvgIpc) is 2.97. The first-order valence-corrected chi connectivity index (χ1v) is 10.9. The number of fused-ring (bicyclic) bond motifs is 1. The van der Waals surface area contributed by atoms with E-state index in [0.29, 0.717) is 23.7 Å². The van der Waals surface area contributed by atoms with Gasteiger partial charge in [0.2, 0.25) is 16.8 Å². The first-order valence-electron chi connectivity index (χ1n) is 8.41. The van der Waals surface area contributed by atoms with Crippen LogP contribution in [0.5, 0.6) is 11.5 Å². The molecule has 4 rings (SSSR count). The minimum Gasteiger partial charge on any atom is -0.454 e. The first-order chi connectivity index (χ1) is 12.9. The molecule has 2 heterocycles. The van der Waals surface area contributed by atoms with E-state index in [9.17, 15) is 17.2 Å². The lowest BCUT2D eigenvalue weighted by Crippen LogP contribution is -2.33. The van der Waals surface area contributed by atoms with E-state index in [4.69, 9.17) is 9.47 Å². The summed E-state index contributed by atoms with van der Waals surface area (Å²) in [5, 5.41) is 0.0806. The van der Waals surface area contributed by atoms with Crippen molar-refractivity contribution >= 4 is 21.8 Å². The van der Waals surface area contributed by atoms with Gasteiger partial charge in [0.05, 0.1) is 0 Å². The van der Waals surface area contributed by atoms with Crippen LogP contribution in [0.4, 0.5) is 8.78 Å². The standard InChI is InChI=1S/C18H17F2NO4S2/c19-13-2-3-14(20)18(10-13)27(22,23)21-6-5-17(26-8-7-21)12-1-4-15-16(9-12)25-11-24-15/h1-4,9-10,17H,5-8,11H2. The topological polar surface area (TPSA) is 55.8 Å². The van der Waals surface area contributed by atoms with Gasteiger partial charge in [0.1, 0.15) is 16.5 Å². The molecule has 0 radical (unpaired) electrons. The number of thioether (sulfide) groups is 1. The smallest absolute Gasteiger partial charge is 0.246 e. The van der Waals surface area contributed by atoms with Crippen molar-refractivity contribution in [2.75, 3.05) is 25.6 Å². The van der Waals surface area contributed by atoms with Crippen LogP contribution in [0.15, 0.2) is 41.3 Å². The first kappa shape index (κ1) is 18.5. The van der Waals surface area contributed by atoms with Crippen molar-refractivity contribution in [2.24, 2.45) is 0 Å². The van der Waals surface area contributed by atoms with Crippen molar-refractivity contribution in [1.29, 1.82) is 0 Å². The molecule has 0 spiro atoms. The van der Waals surface area contributed by atoms with Gasteiger partial charge in [-0.2, -0.15) is 16.1 Å². The van der Waals surface area contributed by atoms with E-state index in [-0.39, 0.29) is 25.1 Å². The quantitative estimate of drug-likeness (QED) is 0.770. The van der Waals surface area contributed by atoms with Crippen LogP contribution in [0, 0.1) is 11.6 Å². The fourth-order valence-corrected chi connectivity index (χ4v) is 6.05. The summed E-state index contributed by atoms with van der Waals surface area (Å²) < 4.78 is 64.9. The fourth-order valence-electron chi connectivity index (χ4n) is 3.18. The zero-order chi connectivity index (χ0) is 19.0. The highest BCUT2D eigenvalue weighted by molar-refractivity contribution is 7.99. The zero-order valence-corrected chi connectivity index (χ0v) is 15.9. The van der Waals surface area contributed by atoms with Crippen LogP contribution in [0.2, 0.25) is 0 Å². The molecule has 1 fully saturated rings. The molecule has 1 saturated heterocycles. The predicted octanol–water partition coefficient (Wildman–Crippen LogP) is 3.56. The van der Waals surface area contributed by atoms with Crippen molar-refractivity contribution in [2.45, 2.75) is 16.6 Å². The van der Waals surface area contributed by atoms with E-state index < -0.39 is 26.6 Å². The molecule has 2 aliphatic heterocycles. The Morgan fingerprint density at radius 3 is 2.70 bits per heavy atom. The molecule has 27 heavy (non-hydrogen) atoms. The van der Waals surface area contributed by atoms with Gasteiger partial charge >= 0.3 is 0 Å². The lowest BCUT2D eigenvalue weighted by Gasteiger charge is -2.20. The summed E-state index contributed by atoms with van der Waals surface area (Å²) in [6, 6.07) is 8.18. The molecule has 0 saturated carbocycles. The highest BCUT2D eigenvalue weighted by atomic mass is 32.2. The molecule has 5 nitrogen and oxygen atoms in total. The van der Waals surface area contributed by atoms with E-state index in [0.717, 1.165) is 23.8 Å². The normalized spacial score (nSPS) is 20.4. The van der Waals surface area contributed by atoms with Crippen molar-refractivity contribution < 1.29 is 26.7 Å². The van der Waals surface area contributed by atoms with Gasteiger partial charge in [-0.25, -0.2) is 17.2 Å². The van der Waals surface area contributed by atoms with Crippen molar-refractivity contribution in [1.82, 2.24) is 4.31 Å². The average molecular weight is 413 g/mol.